The van der Waals surface area contributed by atoms with Crippen LogP contribution in [0.15, 0.2) is 24.3 Å². The summed E-state index contributed by atoms with van der Waals surface area (Å²) in [5.41, 5.74) is 0. The molecule has 0 saturated heterocycles. The first kappa shape index (κ1) is 55.9. The summed E-state index contributed by atoms with van der Waals surface area (Å²) in [6.45, 7) is 6.59. The van der Waals surface area contributed by atoms with E-state index < -0.39 is 6.10 Å². The van der Waals surface area contributed by atoms with Crippen LogP contribution in [0, 0.1) is 0 Å². The van der Waals surface area contributed by atoms with Crippen molar-refractivity contribution in [2.45, 2.75) is 277 Å². The number of hydrogen-bond donors (Lipinski definition) is 0. The van der Waals surface area contributed by atoms with Crippen molar-refractivity contribution in [3.63, 3.8) is 0 Å². The molecule has 0 N–H and O–H groups in total. The van der Waals surface area contributed by atoms with Crippen LogP contribution in [0.1, 0.15) is 271 Å². The zero-order valence-electron chi connectivity index (χ0n) is 38.8. The molecule has 0 aromatic heterocycles. The molecule has 58 heavy (non-hydrogen) atoms. The minimum absolute atomic E-state index is 0.0730. The second-order valence-electron chi connectivity index (χ2n) is 17.1. The molecule has 0 radical (unpaired) electrons. The molecule has 0 bridgehead atoms. The number of carbonyl (C=O) groups excluding carboxylic acids is 3. The zero-order valence-corrected chi connectivity index (χ0v) is 38.8. The van der Waals surface area contributed by atoms with Crippen molar-refractivity contribution in [2.24, 2.45) is 0 Å². The van der Waals surface area contributed by atoms with E-state index in [1.54, 1.807) is 0 Å². The fourth-order valence-electron chi connectivity index (χ4n) is 7.30. The SMILES string of the molecule is CCCC/C=C\CCCCCCCC(=O)OC(COC(=O)CCCCCCCCC/C=C\CCCCCCCCCC)COC(=O)CCCCCCCCCCCC. The van der Waals surface area contributed by atoms with Gasteiger partial charge in [-0.2, -0.15) is 0 Å². The highest BCUT2D eigenvalue weighted by atomic mass is 16.6. The Balaban J connectivity index is 4.27. The van der Waals surface area contributed by atoms with E-state index in [0.29, 0.717) is 19.3 Å². The van der Waals surface area contributed by atoms with E-state index in [4.69, 9.17) is 14.2 Å². The highest BCUT2D eigenvalue weighted by Gasteiger charge is 2.19. The van der Waals surface area contributed by atoms with Crippen LogP contribution in [0.4, 0.5) is 0 Å². The predicted molar refractivity (Wildman–Crippen MR) is 247 cm³/mol. The van der Waals surface area contributed by atoms with Crippen LogP contribution in [0.5, 0.6) is 0 Å². The first-order chi connectivity index (χ1) is 28.5. The van der Waals surface area contributed by atoms with Crippen LogP contribution in [0.3, 0.4) is 0 Å². The van der Waals surface area contributed by atoms with Gasteiger partial charge >= 0.3 is 17.9 Å². The molecule has 340 valence electrons. The Morgan fingerprint density at radius 3 is 0.914 bits per heavy atom. The average Bonchev–Trinajstić information content (AvgIpc) is 3.22. The first-order valence-corrected chi connectivity index (χ1v) is 25.3. The van der Waals surface area contributed by atoms with Crippen LogP contribution in [-0.2, 0) is 28.6 Å². The molecule has 0 aliphatic heterocycles. The van der Waals surface area contributed by atoms with Crippen molar-refractivity contribution in [3.05, 3.63) is 24.3 Å². The number of hydrogen-bond acceptors (Lipinski definition) is 6. The van der Waals surface area contributed by atoms with E-state index in [1.807, 2.05) is 0 Å². The molecule has 6 heteroatoms. The summed E-state index contributed by atoms with van der Waals surface area (Å²) in [7, 11) is 0. The van der Waals surface area contributed by atoms with Crippen LogP contribution < -0.4 is 0 Å². The van der Waals surface area contributed by atoms with E-state index in [2.05, 4.69) is 45.1 Å². The molecule has 0 rings (SSSR count). The first-order valence-electron chi connectivity index (χ1n) is 25.3. The van der Waals surface area contributed by atoms with Gasteiger partial charge in [0, 0.05) is 19.3 Å². The minimum Gasteiger partial charge on any atom is -0.462 e. The van der Waals surface area contributed by atoms with Crippen molar-refractivity contribution in [1.29, 1.82) is 0 Å². The fourth-order valence-corrected chi connectivity index (χ4v) is 7.30. The van der Waals surface area contributed by atoms with Crippen LogP contribution in [-0.4, -0.2) is 37.2 Å². The molecule has 0 spiro atoms. The average molecular weight is 817 g/mol. The Kier molecular flexibility index (Phi) is 45.8. The van der Waals surface area contributed by atoms with Crippen molar-refractivity contribution >= 4 is 17.9 Å². The van der Waals surface area contributed by atoms with Gasteiger partial charge in [0.1, 0.15) is 13.2 Å². The number of unbranched alkanes of at least 4 members (excludes halogenated alkanes) is 31. The highest BCUT2D eigenvalue weighted by Crippen LogP contribution is 2.15. The van der Waals surface area contributed by atoms with Crippen LogP contribution in [0.2, 0.25) is 0 Å². The van der Waals surface area contributed by atoms with E-state index in [-0.39, 0.29) is 31.1 Å². The summed E-state index contributed by atoms with van der Waals surface area (Å²) in [6.07, 6.45) is 53.1. The summed E-state index contributed by atoms with van der Waals surface area (Å²) < 4.78 is 16.7. The molecule has 0 heterocycles. The summed E-state index contributed by atoms with van der Waals surface area (Å²) in [6, 6.07) is 0. The minimum atomic E-state index is -0.771. The van der Waals surface area contributed by atoms with E-state index >= 15 is 0 Å². The lowest BCUT2D eigenvalue weighted by molar-refractivity contribution is -0.167. The normalized spacial score (nSPS) is 12.1. The highest BCUT2D eigenvalue weighted by molar-refractivity contribution is 5.71. The fraction of sp³-hybridized carbons (Fsp3) is 0.865. The number of carbonyl (C=O) groups is 3. The van der Waals surface area contributed by atoms with Gasteiger partial charge in [0.25, 0.3) is 0 Å². The summed E-state index contributed by atoms with van der Waals surface area (Å²) >= 11 is 0. The number of rotatable bonds is 46. The Hall–Kier alpha value is -2.11. The Morgan fingerprint density at radius 2 is 0.586 bits per heavy atom. The molecule has 0 saturated carbocycles. The van der Waals surface area contributed by atoms with Gasteiger partial charge in [-0.05, 0) is 64.2 Å². The Morgan fingerprint density at radius 1 is 0.328 bits per heavy atom. The summed E-state index contributed by atoms with van der Waals surface area (Å²) in [4.78, 5) is 37.8. The molecular weight excluding hydrogens is 721 g/mol. The van der Waals surface area contributed by atoms with Gasteiger partial charge in [0.05, 0.1) is 0 Å². The number of esters is 3. The third-order valence-electron chi connectivity index (χ3n) is 11.2. The van der Waals surface area contributed by atoms with Gasteiger partial charge in [0.2, 0.25) is 0 Å². The van der Waals surface area contributed by atoms with Crippen molar-refractivity contribution in [2.75, 3.05) is 13.2 Å². The maximum Gasteiger partial charge on any atom is 0.306 e. The van der Waals surface area contributed by atoms with Crippen molar-refractivity contribution in [1.82, 2.24) is 0 Å². The molecule has 1 unspecified atom stereocenters. The molecule has 0 aromatic rings. The van der Waals surface area contributed by atoms with Gasteiger partial charge in [-0.1, -0.05) is 212 Å². The lowest BCUT2D eigenvalue weighted by Gasteiger charge is -2.18. The maximum absolute atomic E-state index is 12.7. The molecule has 0 amide bonds. The topological polar surface area (TPSA) is 78.9 Å². The molecular formula is C52H96O6. The second-order valence-corrected chi connectivity index (χ2v) is 17.1. The smallest absolute Gasteiger partial charge is 0.306 e. The lowest BCUT2D eigenvalue weighted by Crippen LogP contribution is -2.30. The van der Waals surface area contributed by atoms with Gasteiger partial charge in [-0.25, -0.2) is 0 Å². The standard InChI is InChI=1S/C52H96O6/c1-4-7-10-13-16-19-22-23-24-25-26-27-28-29-31-33-36-39-42-45-51(54)57-48-49(47-56-50(53)44-41-38-35-32-21-18-15-12-9-6-3)58-52(55)46-43-40-37-34-30-20-17-14-11-8-5-2/h14,17,25-26,49H,4-13,15-16,18-24,27-48H2,1-3H3/b17-14-,26-25-. The van der Waals surface area contributed by atoms with Crippen LogP contribution in [0.25, 0.3) is 0 Å². The van der Waals surface area contributed by atoms with Crippen molar-refractivity contribution in [3.8, 4) is 0 Å². The zero-order chi connectivity index (χ0) is 42.3. The number of ether oxygens (including phenoxy) is 3. The monoisotopic (exact) mass is 817 g/mol. The van der Waals surface area contributed by atoms with Gasteiger partial charge < -0.3 is 14.2 Å². The van der Waals surface area contributed by atoms with Gasteiger partial charge in [0.15, 0.2) is 6.10 Å². The predicted octanol–water partition coefficient (Wildman–Crippen LogP) is 16.4. The summed E-state index contributed by atoms with van der Waals surface area (Å²) in [5.74, 6) is -0.880. The maximum atomic E-state index is 12.7. The van der Waals surface area contributed by atoms with Gasteiger partial charge in [-0.3, -0.25) is 14.4 Å². The van der Waals surface area contributed by atoms with Gasteiger partial charge in [-0.15, -0.1) is 0 Å². The Labute approximate surface area is 360 Å². The van der Waals surface area contributed by atoms with E-state index in [1.165, 1.54) is 161 Å². The molecule has 0 aromatic carbocycles. The molecule has 1 atom stereocenters. The third-order valence-corrected chi connectivity index (χ3v) is 11.2. The largest absolute Gasteiger partial charge is 0.462 e. The van der Waals surface area contributed by atoms with Crippen molar-refractivity contribution < 1.29 is 28.6 Å². The lowest BCUT2D eigenvalue weighted by atomic mass is 10.1. The molecule has 0 fully saturated rings. The quantitative estimate of drug-likeness (QED) is 0.0263. The third kappa shape index (κ3) is 45.0. The Bertz CT molecular complexity index is 942. The molecule has 0 aliphatic rings. The van der Waals surface area contributed by atoms with Crippen LogP contribution >= 0.6 is 0 Å². The van der Waals surface area contributed by atoms with E-state index in [9.17, 15) is 14.4 Å². The molecule has 0 aliphatic carbocycles. The number of allylic oxidation sites excluding steroid dienone is 4. The summed E-state index contributed by atoms with van der Waals surface area (Å²) in [5, 5.41) is 0. The van der Waals surface area contributed by atoms with E-state index in [0.717, 1.165) is 70.6 Å². The second kappa shape index (κ2) is 47.6. The molecule has 6 nitrogen and oxygen atoms in total.